The summed E-state index contributed by atoms with van der Waals surface area (Å²) in [4.78, 5) is 4.34. The van der Waals surface area contributed by atoms with Crippen molar-refractivity contribution in [2.75, 3.05) is 17.2 Å². The maximum atomic E-state index is 13.7. The molecule has 0 saturated heterocycles. The van der Waals surface area contributed by atoms with Crippen LogP contribution >= 0.6 is 11.6 Å². The van der Waals surface area contributed by atoms with E-state index in [0.717, 1.165) is 12.8 Å². The highest BCUT2D eigenvalue weighted by atomic mass is 35.5. The Bertz CT molecular complexity index is 1430. The Morgan fingerprint density at radius 2 is 2.09 bits per heavy atom. The number of fused-ring (bicyclic) bond motifs is 1. The molecular formula is C25H22ClFN8. The third-order valence-corrected chi connectivity index (χ3v) is 6.07. The lowest BCUT2D eigenvalue weighted by molar-refractivity contribution is 0.260. The molecule has 1 aromatic heterocycles. The monoisotopic (exact) mass is 489 g/mol. The van der Waals surface area contributed by atoms with E-state index in [9.17, 15) is 11.0 Å². The molecule has 10 heteroatoms. The van der Waals surface area contributed by atoms with E-state index in [0.29, 0.717) is 56.7 Å². The van der Waals surface area contributed by atoms with Crippen molar-refractivity contribution >= 4 is 33.9 Å². The van der Waals surface area contributed by atoms with Gasteiger partial charge in [0.25, 0.3) is 0 Å². The first-order chi connectivity index (χ1) is 17.4. The van der Waals surface area contributed by atoms with Gasteiger partial charge in [0, 0.05) is 36.1 Å². The van der Waals surface area contributed by atoms with Crippen LogP contribution in [0.4, 0.5) is 15.8 Å². The van der Waals surface area contributed by atoms with Gasteiger partial charge in [-0.3, -0.25) is 9.99 Å². The molecule has 2 heterocycles. The van der Waals surface area contributed by atoms with Gasteiger partial charge in [0.1, 0.15) is 11.9 Å². The Balaban J connectivity index is 1.59. The lowest BCUT2D eigenvalue weighted by atomic mass is 10.0. The maximum absolute atomic E-state index is 13.7. The third-order valence-electron chi connectivity index (χ3n) is 5.78. The van der Waals surface area contributed by atoms with E-state index in [2.05, 4.69) is 38.7 Å². The highest BCUT2D eigenvalue weighted by Crippen LogP contribution is 2.36. The molecule has 2 aromatic carbocycles. The molecule has 0 unspecified atom stereocenters. The minimum Gasteiger partial charge on any atom is -0.382 e. The molecule has 35 heavy (non-hydrogen) atoms. The molecule has 1 fully saturated rings. The first kappa shape index (κ1) is 21.5. The SMILES string of the molecule is [2H][C@@](Nc1cc(Cl)c2ncc(C#N)c(NCCC#N)c2c1)(C1=CN(C2CC2)NN1)c1ccc(F)cc1. The van der Waals surface area contributed by atoms with Crippen LogP contribution in [-0.4, -0.2) is 22.6 Å². The Hall–Kier alpha value is -4.05. The van der Waals surface area contributed by atoms with Gasteiger partial charge in [-0.1, -0.05) is 23.7 Å². The van der Waals surface area contributed by atoms with Crippen molar-refractivity contribution in [1.29, 1.82) is 10.5 Å². The molecule has 176 valence electrons. The molecule has 4 N–H and O–H groups in total. The molecule has 0 spiro atoms. The molecule has 1 aliphatic heterocycles. The van der Waals surface area contributed by atoms with Gasteiger partial charge in [-0.25, -0.2) is 4.39 Å². The quantitative estimate of drug-likeness (QED) is 0.337. The minimum atomic E-state index is -1.53. The average Bonchev–Trinajstić information content (AvgIpc) is 3.60. The summed E-state index contributed by atoms with van der Waals surface area (Å²) in [6, 6.07) is 12.2. The van der Waals surface area contributed by atoms with Crippen LogP contribution in [0.3, 0.4) is 0 Å². The van der Waals surface area contributed by atoms with Crippen molar-refractivity contribution in [2.45, 2.75) is 31.3 Å². The smallest absolute Gasteiger partial charge is 0.123 e. The van der Waals surface area contributed by atoms with Crippen molar-refractivity contribution < 1.29 is 5.76 Å². The van der Waals surface area contributed by atoms with Crippen LogP contribution in [0.25, 0.3) is 10.9 Å². The number of hydrogen-bond acceptors (Lipinski definition) is 8. The predicted octanol–water partition coefficient (Wildman–Crippen LogP) is 4.71. The van der Waals surface area contributed by atoms with Crippen LogP contribution in [-0.2, 0) is 0 Å². The van der Waals surface area contributed by atoms with Crippen LogP contribution in [0.5, 0.6) is 0 Å². The molecule has 1 atom stereocenters. The van der Waals surface area contributed by atoms with Crippen LogP contribution < -0.4 is 21.6 Å². The number of halogens is 2. The van der Waals surface area contributed by atoms with Crippen LogP contribution in [0.2, 0.25) is 5.02 Å². The number of nitrogens with one attached hydrogen (secondary N) is 4. The average molecular weight is 490 g/mol. The molecule has 0 bridgehead atoms. The fraction of sp³-hybridized carbons (Fsp3) is 0.240. The Labute approximate surface area is 208 Å². The van der Waals surface area contributed by atoms with Crippen molar-refractivity contribution in [3.63, 3.8) is 0 Å². The number of hydrogen-bond donors (Lipinski definition) is 4. The number of anilines is 2. The lowest BCUT2D eigenvalue weighted by Crippen LogP contribution is -2.38. The normalized spacial score (nSPS) is 17.0. The summed E-state index contributed by atoms with van der Waals surface area (Å²) in [6.07, 6.45) is 5.65. The van der Waals surface area contributed by atoms with E-state index in [4.69, 9.17) is 16.9 Å². The zero-order valence-electron chi connectivity index (χ0n) is 19.6. The largest absolute Gasteiger partial charge is 0.382 e. The highest BCUT2D eigenvalue weighted by molar-refractivity contribution is 6.35. The molecule has 2 aliphatic rings. The zero-order valence-corrected chi connectivity index (χ0v) is 19.3. The summed E-state index contributed by atoms with van der Waals surface area (Å²) < 4.78 is 23.2. The van der Waals surface area contributed by atoms with E-state index in [1.165, 1.54) is 18.3 Å². The van der Waals surface area contributed by atoms with Crippen molar-refractivity contribution in [3.05, 3.63) is 76.5 Å². The van der Waals surface area contributed by atoms with Gasteiger partial charge >= 0.3 is 0 Å². The van der Waals surface area contributed by atoms with Gasteiger partial charge in [-0.2, -0.15) is 10.5 Å². The maximum Gasteiger partial charge on any atom is 0.123 e. The Kier molecular flexibility index (Phi) is 5.93. The van der Waals surface area contributed by atoms with Crippen molar-refractivity contribution in [2.24, 2.45) is 0 Å². The van der Waals surface area contributed by atoms with Crippen molar-refractivity contribution in [1.82, 2.24) is 21.0 Å². The van der Waals surface area contributed by atoms with E-state index in [1.807, 2.05) is 11.2 Å². The molecule has 0 amide bonds. The van der Waals surface area contributed by atoms with E-state index in [1.54, 1.807) is 24.3 Å². The number of nitriles is 2. The van der Waals surface area contributed by atoms with Gasteiger partial charge in [0.05, 0.1) is 47.4 Å². The molecule has 3 aromatic rings. The molecule has 8 nitrogen and oxygen atoms in total. The minimum absolute atomic E-state index is 0.255. The lowest BCUT2D eigenvalue weighted by Gasteiger charge is -2.22. The Morgan fingerprint density at radius 3 is 2.80 bits per heavy atom. The van der Waals surface area contributed by atoms with Crippen LogP contribution in [0, 0.1) is 28.5 Å². The Morgan fingerprint density at radius 1 is 1.29 bits per heavy atom. The zero-order chi connectivity index (χ0) is 25.3. The summed E-state index contributed by atoms with van der Waals surface area (Å²) in [5.74, 6) is -0.399. The van der Waals surface area contributed by atoms with Crippen LogP contribution in [0.15, 0.2) is 54.5 Å². The molecule has 1 aliphatic carbocycles. The first-order valence-corrected chi connectivity index (χ1v) is 11.5. The molecule has 5 rings (SSSR count). The first-order valence-electron chi connectivity index (χ1n) is 11.6. The highest BCUT2D eigenvalue weighted by Gasteiger charge is 2.32. The van der Waals surface area contributed by atoms with E-state index >= 15 is 0 Å². The summed E-state index contributed by atoms with van der Waals surface area (Å²) in [5.41, 5.74) is 9.01. The second kappa shape index (κ2) is 9.67. The van der Waals surface area contributed by atoms with E-state index < -0.39 is 11.8 Å². The van der Waals surface area contributed by atoms with Gasteiger partial charge < -0.3 is 16.1 Å². The second-order valence-corrected chi connectivity index (χ2v) is 8.68. The predicted molar refractivity (Wildman–Crippen MR) is 132 cm³/mol. The number of nitrogens with zero attached hydrogens (tertiary/aromatic N) is 4. The van der Waals surface area contributed by atoms with Gasteiger partial charge in [-0.15, -0.1) is 5.53 Å². The van der Waals surface area contributed by atoms with Gasteiger partial charge in [0.15, 0.2) is 0 Å². The van der Waals surface area contributed by atoms with Gasteiger partial charge in [-0.05, 0) is 42.7 Å². The number of pyridine rings is 1. The summed E-state index contributed by atoms with van der Waals surface area (Å²) in [6.45, 7) is 0.344. The fourth-order valence-electron chi connectivity index (χ4n) is 3.91. The summed E-state index contributed by atoms with van der Waals surface area (Å²) in [7, 11) is 0. The molecule has 1 saturated carbocycles. The molecular weight excluding hydrogens is 467 g/mol. The topological polar surface area (TPSA) is 112 Å². The number of benzene rings is 2. The third kappa shape index (κ3) is 4.78. The number of hydrazine groups is 2. The standard InChI is InChI=1S/C25H22ClFN8/c26-21-11-18(10-20-23(30-9-1-8-28)16(12-29)13-31-25(20)21)32-24(15-2-4-17(27)5-3-15)22-14-35(34-33-22)19-6-7-19/h2-5,10-11,13-14,19,24,32-34H,1,6-7,9H2,(H,30,31)/t24-/m0/s1/i24D. The van der Waals surface area contributed by atoms with Gasteiger partial charge in [0.2, 0.25) is 0 Å². The number of aromatic nitrogens is 1. The second-order valence-electron chi connectivity index (χ2n) is 8.27. The fourth-order valence-corrected chi connectivity index (χ4v) is 4.18. The van der Waals surface area contributed by atoms with Crippen LogP contribution in [0.1, 0.15) is 37.8 Å². The summed E-state index contributed by atoms with van der Waals surface area (Å²) >= 11 is 6.59. The number of rotatable bonds is 8. The summed E-state index contributed by atoms with van der Waals surface area (Å²) in [5, 5.41) is 27.8. The molecule has 0 radical (unpaired) electrons. The van der Waals surface area contributed by atoms with Crippen molar-refractivity contribution in [3.8, 4) is 12.1 Å². The van der Waals surface area contributed by atoms with E-state index in [-0.39, 0.29) is 6.42 Å².